The third kappa shape index (κ3) is 5.62. The van der Waals surface area contributed by atoms with Gasteiger partial charge in [0.25, 0.3) is 5.91 Å². The van der Waals surface area contributed by atoms with Gasteiger partial charge in [0.2, 0.25) is 0 Å². The number of rotatable bonds is 8. The van der Waals surface area contributed by atoms with Gasteiger partial charge in [-0.15, -0.1) is 0 Å². The zero-order chi connectivity index (χ0) is 18.9. The fourth-order valence-electron chi connectivity index (χ4n) is 2.45. The Labute approximate surface area is 155 Å². The molecule has 0 heterocycles. The maximum Gasteiger partial charge on any atom is 0.277 e. The van der Waals surface area contributed by atoms with E-state index in [0.29, 0.717) is 5.92 Å². The summed E-state index contributed by atoms with van der Waals surface area (Å²) in [4.78, 5) is 14.0. The van der Waals surface area contributed by atoms with Crippen molar-refractivity contribution in [3.8, 4) is 5.75 Å². The molecule has 138 valence electrons. The van der Waals surface area contributed by atoms with Crippen LogP contribution >= 0.6 is 0 Å². The summed E-state index contributed by atoms with van der Waals surface area (Å²) in [5.74, 6) is 0.850. The van der Waals surface area contributed by atoms with Gasteiger partial charge in [0, 0.05) is 19.8 Å². The molecule has 0 aliphatic heterocycles. The first-order chi connectivity index (χ1) is 12.5. The predicted molar refractivity (Wildman–Crippen MR) is 107 cm³/mol. The average molecular weight is 353 g/mol. The minimum Gasteiger partial charge on any atom is -0.483 e. The van der Waals surface area contributed by atoms with Crippen LogP contribution in [0, 0.1) is 0 Å². The largest absolute Gasteiger partial charge is 0.483 e. The number of para-hydroxylation sites is 1. The zero-order valence-corrected chi connectivity index (χ0v) is 15.9. The molecule has 5 nitrogen and oxygen atoms in total. The monoisotopic (exact) mass is 353 g/mol. The first-order valence-corrected chi connectivity index (χ1v) is 8.82. The molecule has 0 aliphatic carbocycles. The lowest BCUT2D eigenvalue weighted by Gasteiger charge is -2.15. The van der Waals surface area contributed by atoms with Crippen LogP contribution in [-0.2, 0) is 4.79 Å². The van der Waals surface area contributed by atoms with Gasteiger partial charge in [-0.25, -0.2) is 5.43 Å². The lowest BCUT2D eigenvalue weighted by molar-refractivity contribution is -0.123. The lowest BCUT2D eigenvalue weighted by Crippen LogP contribution is -2.25. The van der Waals surface area contributed by atoms with Crippen molar-refractivity contribution in [3.63, 3.8) is 0 Å². The van der Waals surface area contributed by atoms with E-state index < -0.39 is 0 Å². The molecule has 0 aliphatic rings. The highest BCUT2D eigenvalue weighted by Gasteiger charge is 2.10. The molecule has 0 radical (unpaired) electrons. The van der Waals surface area contributed by atoms with Gasteiger partial charge in [-0.3, -0.25) is 4.79 Å². The standard InChI is InChI=1S/C21H27N3O2/c1-5-16(2)19-8-6-7-9-20(19)26-15-21(25)23-22-14-17-10-12-18(13-11-17)24(3)4/h6-14,16H,5,15H2,1-4H3,(H,23,25). The van der Waals surface area contributed by atoms with Crippen molar-refractivity contribution in [1.29, 1.82) is 0 Å². The molecule has 2 rings (SSSR count). The molecule has 0 fully saturated rings. The lowest BCUT2D eigenvalue weighted by atomic mass is 9.98. The number of amides is 1. The molecular formula is C21H27N3O2. The molecule has 0 bridgehead atoms. The van der Waals surface area contributed by atoms with Crippen LogP contribution in [0.25, 0.3) is 0 Å². The number of carbonyl (C=O) groups is 1. The Morgan fingerprint density at radius 3 is 2.54 bits per heavy atom. The van der Waals surface area contributed by atoms with E-state index in [1.54, 1.807) is 6.21 Å². The Morgan fingerprint density at radius 2 is 1.88 bits per heavy atom. The van der Waals surface area contributed by atoms with Crippen molar-refractivity contribution in [3.05, 3.63) is 59.7 Å². The van der Waals surface area contributed by atoms with E-state index in [2.05, 4.69) is 24.4 Å². The number of hydrogen-bond donors (Lipinski definition) is 1. The minimum atomic E-state index is -0.287. The molecule has 1 atom stereocenters. The number of nitrogens with one attached hydrogen (secondary N) is 1. The fraction of sp³-hybridized carbons (Fsp3) is 0.333. The number of anilines is 1. The summed E-state index contributed by atoms with van der Waals surface area (Å²) in [6.45, 7) is 4.21. The number of hydrogen-bond acceptors (Lipinski definition) is 4. The molecule has 1 unspecified atom stereocenters. The normalized spacial score (nSPS) is 12.0. The maximum absolute atomic E-state index is 11.9. The van der Waals surface area contributed by atoms with Crippen molar-refractivity contribution in [2.75, 3.05) is 25.6 Å². The van der Waals surface area contributed by atoms with Crippen molar-refractivity contribution in [1.82, 2.24) is 5.43 Å². The smallest absolute Gasteiger partial charge is 0.277 e. The Balaban J connectivity index is 1.86. The van der Waals surface area contributed by atoms with Crippen molar-refractivity contribution < 1.29 is 9.53 Å². The number of benzene rings is 2. The molecule has 26 heavy (non-hydrogen) atoms. The van der Waals surface area contributed by atoms with Gasteiger partial charge in [0.1, 0.15) is 5.75 Å². The molecule has 0 spiro atoms. The topological polar surface area (TPSA) is 53.9 Å². The van der Waals surface area contributed by atoms with Gasteiger partial charge >= 0.3 is 0 Å². The summed E-state index contributed by atoms with van der Waals surface area (Å²) in [6.07, 6.45) is 2.63. The summed E-state index contributed by atoms with van der Waals surface area (Å²) < 4.78 is 5.68. The van der Waals surface area contributed by atoms with Gasteiger partial charge in [0.05, 0.1) is 6.21 Å². The van der Waals surface area contributed by atoms with E-state index in [-0.39, 0.29) is 12.5 Å². The highest BCUT2D eigenvalue weighted by atomic mass is 16.5. The van der Waals surface area contributed by atoms with Gasteiger partial charge in [0.15, 0.2) is 6.61 Å². The van der Waals surface area contributed by atoms with E-state index in [9.17, 15) is 4.79 Å². The molecule has 0 aromatic heterocycles. The second-order valence-corrected chi connectivity index (χ2v) is 6.41. The van der Waals surface area contributed by atoms with Crippen LogP contribution in [0.5, 0.6) is 5.75 Å². The van der Waals surface area contributed by atoms with E-state index in [1.807, 2.05) is 67.5 Å². The minimum absolute atomic E-state index is 0.0651. The SMILES string of the molecule is CCC(C)c1ccccc1OCC(=O)NN=Cc1ccc(N(C)C)cc1. The Hall–Kier alpha value is -2.82. The molecule has 1 N–H and O–H groups in total. The first-order valence-electron chi connectivity index (χ1n) is 8.82. The second-order valence-electron chi connectivity index (χ2n) is 6.41. The van der Waals surface area contributed by atoms with E-state index in [4.69, 9.17) is 4.74 Å². The molecular weight excluding hydrogens is 326 g/mol. The molecule has 2 aromatic carbocycles. The van der Waals surface area contributed by atoms with Crippen molar-refractivity contribution in [2.24, 2.45) is 5.10 Å². The van der Waals surface area contributed by atoms with Crippen LogP contribution in [0.15, 0.2) is 53.6 Å². The van der Waals surface area contributed by atoms with E-state index in [1.165, 1.54) is 0 Å². The molecule has 2 aromatic rings. The third-order valence-electron chi connectivity index (χ3n) is 4.23. The number of hydrazone groups is 1. The second kappa shape index (κ2) is 9.61. The fourth-order valence-corrected chi connectivity index (χ4v) is 2.45. The van der Waals surface area contributed by atoms with Crippen LogP contribution in [0.3, 0.4) is 0 Å². The summed E-state index contributed by atoms with van der Waals surface area (Å²) in [5, 5.41) is 3.98. The van der Waals surface area contributed by atoms with Crippen LogP contribution in [0.2, 0.25) is 0 Å². The molecule has 1 amide bonds. The number of nitrogens with zero attached hydrogens (tertiary/aromatic N) is 2. The van der Waals surface area contributed by atoms with Gasteiger partial charge < -0.3 is 9.64 Å². The van der Waals surface area contributed by atoms with Crippen LogP contribution in [-0.4, -0.2) is 32.8 Å². The van der Waals surface area contributed by atoms with Crippen LogP contribution < -0.4 is 15.1 Å². The Kier molecular flexibility index (Phi) is 7.21. The Morgan fingerprint density at radius 1 is 1.19 bits per heavy atom. The highest BCUT2D eigenvalue weighted by molar-refractivity contribution is 5.83. The van der Waals surface area contributed by atoms with Crippen molar-refractivity contribution in [2.45, 2.75) is 26.2 Å². The maximum atomic E-state index is 11.9. The summed E-state index contributed by atoms with van der Waals surface area (Å²) in [6, 6.07) is 15.7. The quantitative estimate of drug-likeness (QED) is 0.580. The van der Waals surface area contributed by atoms with Crippen molar-refractivity contribution >= 4 is 17.8 Å². The zero-order valence-electron chi connectivity index (χ0n) is 15.9. The first kappa shape index (κ1) is 19.5. The number of carbonyl (C=O) groups excluding carboxylic acids is 1. The number of ether oxygens (including phenoxy) is 1. The summed E-state index contributed by atoms with van der Waals surface area (Å²) in [5.41, 5.74) is 5.64. The predicted octanol–water partition coefficient (Wildman–Crippen LogP) is 3.80. The molecule has 0 saturated heterocycles. The van der Waals surface area contributed by atoms with Crippen LogP contribution in [0.4, 0.5) is 5.69 Å². The Bertz CT molecular complexity index is 739. The molecule has 0 saturated carbocycles. The van der Waals surface area contributed by atoms with Crippen LogP contribution in [0.1, 0.15) is 37.3 Å². The van der Waals surface area contributed by atoms with Gasteiger partial charge in [-0.2, -0.15) is 5.10 Å². The van der Waals surface area contributed by atoms with E-state index in [0.717, 1.165) is 29.0 Å². The van der Waals surface area contributed by atoms with Gasteiger partial charge in [-0.1, -0.05) is 44.2 Å². The highest BCUT2D eigenvalue weighted by Crippen LogP contribution is 2.28. The average Bonchev–Trinajstić information content (AvgIpc) is 2.66. The van der Waals surface area contributed by atoms with Gasteiger partial charge in [-0.05, 0) is 41.7 Å². The summed E-state index contributed by atoms with van der Waals surface area (Å²) in [7, 11) is 3.98. The summed E-state index contributed by atoms with van der Waals surface area (Å²) >= 11 is 0. The molecule has 5 heteroatoms. The van der Waals surface area contributed by atoms with E-state index >= 15 is 0 Å². The third-order valence-corrected chi connectivity index (χ3v) is 4.23.